The van der Waals surface area contributed by atoms with Crippen LogP contribution in [0.3, 0.4) is 0 Å². The van der Waals surface area contributed by atoms with Gasteiger partial charge in [0.25, 0.3) is 0 Å². The molecule has 0 aromatic rings. The van der Waals surface area contributed by atoms with E-state index in [-0.39, 0.29) is 23.1 Å². The molecular weight excluding hydrogens is 182 g/mol. The van der Waals surface area contributed by atoms with Crippen molar-refractivity contribution in [1.29, 1.82) is 0 Å². The molecule has 0 fully saturated rings. The van der Waals surface area contributed by atoms with Crippen LogP contribution in [0.1, 0.15) is 0 Å². The molecule has 6 nitrogen and oxygen atoms in total. The Morgan fingerprint density at radius 1 is 0.778 bits per heavy atom. The first-order valence-corrected chi connectivity index (χ1v) is 3.50. The van der Waals surface area contributed by atoms with Crippen molar-refractivity contribution in [2.45, 2.75) is 0 Å². The van der Waals surface area contributed by atoms with E-state index in [1.165, 1.54) is 0 Å². The van der Waals surface area contributed by atoms with E-state index < -0.39 is 17.2 Å². The third-order valence-electron chi connectivity index (χ3n) is 0. The summed E-state index contributed by atoms with van der Waals surface area (Å²) in [6.07, 6.45) is 0. The van der Waals surface area contributed by atoms with Crippen molar-refractivity contribution in [3.63, 3.8) is 0 Å². The van der Waals surface area contributed by atoms with Crippen molar-refractivity contribution in [3.05, 3.63) is 0 Å². The zero-order valence-corrected chi connectivity index (χ0v) is 7.41. The van der Waals surface area contributed by atoms with Crippen LogP contribution in [0.5, 0.6) is 0 Å². The van der Waals surface area contributed by atoms with Gasteiger partial charge in [0.1, 0.15) is 0 Å². The maximum atomic E-state index is 8.70. The average Bonchev–Trinajstić information content (AvgIpc) is 1.25. The molecule has 0 atom stereocenters. The minimum absolute atomic E-state index is 0. The van der Waals surface area contributed by atoms with Gasteiger partial charge in [-0.2, -0.15) is 0 Å². The maximum Gasteiger partial charge on any atom is 2.00 e. The number of hydrogen-bond donors (Lipinski definition) is 4. The van der Waals surface area contributed by atoms with Crippen LogP contribution in [-0.4, -0.2) is 42.6 Å². The molecule has 0 amide bonds. The zero-order chi connectivity index (χ0) is 7.15. The summed E-state index contributed by atoms with van der Waals surface area (Å²) >= 11 is 0. The van der Waals surface area contributed by atoms with Gasteiger partial charge >= 0.3 is 23.1 Å². The van der Waals surface area contributed by atoms with E-state index in [4.69, 9.17) is 29.4 Å². The molecule has 0 saturated heterocycles. The summed E-state index contributed by atoms with van der Waals surface area (Å²) < 4.78 is 0. The van der Waals surface area contributed by atoms with Gasteiger partial charge in [-0.05, 0) is 0 Å². The topological polar surface area (TPSA) is 127 Å². The molecule has 0 heterocycles. The van der Waals surface area contributed by atoms with Crippen LogP contribution in [0.15, 0.2) is 0 Å². The van der Waals surface area contributed by atoms with Gasteiger partial charge in [0.2, 0.25) is 0 Å². The molecule has 0 radical (unpaired) electrons. The minimum atomic E-state index is -2.87. The van der Waals surface area contributed by atoms with Crippen LogP contribution in [0.25, 0.3) is 0 Å². The van der Waals surface area contributed by atoms with E-state index >= 15 is 0 Å². The Morgan fingerprint density at radius 3 is 0.778 bits per heavy atom. The van der Waals surface area contributed by atoms with Crippen LogP contribution in [0, 0.1) is 0 Å². The van der Waals surface area contributed by atoms with Crippen LogP contribution in [0.4, 0.5) is 0 Å². The van der Waals surface area contributed by atoms with Crippen molar-refractivity contribution >= 4 is 40.3 Å². The predicted octanol–water partition coefficient (Wildman–Crippen LogP) is -3.26. The van der Waals surface area contributed by atoms with E-state index in [1.54, 1.807) is 0 Å². The van der Waals surface area contributed by atoms with Crippen LogP contribution >= 0.6 is 17.2 Å². The molecule has 0 spiro atoms. The summed E-state index contributed by atoms with van der Waals surface area (Å²) in [5.41, 5.74) is 0. The van der Waals surface area contributed by atoms with E-state index in [1.807, 2.05) is 0 Å². The molecular formula is H4MgO6P2. The fourth-order valence-electron chi connectivity index (χ4n) is 0. The van der Waals surface area contributed by atoms with Crippen molar-refractivity contribution in [1.82, 2.24) is 0 Å². The van der Waals surface area contributed by atoms with Crippen molar-refractivity contribution in [2.75, 3.05) is 0 Å². The van der Waals surface area contributed by atoms with E-state index in [9.17, 15) is 0 Å². The predicted molar refractivity (Wildman–Crippen MR) is 28.5 cm³/mol. The van der Waals surface area contributed by atoms with Gasteiger partial charge < -0.3 is 29.4 Å². The van der Waals surface area contributed by atoms with Gasteiger partial charge in [-0.25, -0.2) is 0 Å². The summed E-state index contributed by atoms with van der Waals surface area (Å²) in [5.74, 6) is 0. The third-order valence-corrected chi connectivity index (χ3v) is 0. The fourth-order valence-corrected chi connectivity index (χ4v) is 0. The Bertz CT molecular complexity index is 26.5. The summed E-state index contributed by atoms with van der Waals surface area (Å²) in [7, 11) is -5.74. The minimum Gasteiger partial charge on any atom is -0.786 e. The normalized spacial score (nSPS) is 8.00. The third kappa shape index (κ3) is 266. The molecule has 0 saturated carbocycles. The molecule has 0 aliphatic heterocycles. The van der Waals surface area contributed by atoms with Crippen LogP contribution < -0.4 is 9.79 Å². The van der Waals surface area contributed by atoms with Gasteiger partial charge in [-0.1, -0.05) is 0 Å². The van der Waals surface area contributed by atoms with Gasteiger partial charge in [-0.15, -0.1) is 0 Å². The van der Waals surface area contributed by atoms with Crippen molar-refractivity contribution in [3.8, 4) is 0 Å². The Hall–Kier alpha value is 1.39. The Morgan fingerprint density at radius 2 is 0.778 bits per heavy atom. The second-order valence-corrected chi connectivity index (χ2v) is 1.52. The molecule has 9 heavy (non-hydrogen) atoms. The van der Waals surface area contributed by atoms with Crippen molar-refractivity contribution < 1.29 is 29.4 Å². The second kappa shape index (κ2) is 12.1. The number of hydrogen-bond acceptors (Lipinski definition) is 6. The molecule has 0 aromatic carbocycles. The van der Waals surface area contributed by atoms with Gasteiger partial charge in [0, 0.05) is 0 Å². The maximum absolute atomic E-state index is 8.70. The van der Waals surface area contributed by atoms with Crippen molar-refractivity contribution in [2.24, 2.45) is 0 Å². The fraction of sp³-hybridized carbons (Fsp3) is 0. The largest absolute Gasteiger partial charge is 2.00 e. The Balaban J connectivity index is -0.0000000720. The molecule has 0 aliphatic rings. The van der Waals surface area contributed by atoms with Gasteiger partial charge in [0.15, 0.2) is 0 Å². The molecule has 0 bridgehead atoms. The molecule has 9 heteroatoms. The monoisotopic (exact) mass is 186 g/mol. The first-order chi connectivity index (χ1) is 3.46. The number of rotatable bonds is 0. The Labute approximate surface area is 69.9 Å². The molecule has 4 N–H and O–H groups in total. The second-order valence-electron chi connectivity index (χ2n) is 0.505. The summed E-state index contributed by atoms with van der Waals surface area (Å²) in [4.78, 5) is 45.9. The standard InChI is InChI=1S/Mg.2H2O3P/c;2*1-4(2)3/h;2*1-2H/q+2;2*-1. The zero-order valence-electron chi connectivity index (χ0n) is 4.21. The quantitative estimate of drug-likeness (QED) is 0.232. The Kier molecular flexibility index (Phi) is 22.5. The van der Waals surface area contributed by atoms with Crippen LogP contribution in [-0.2, 0) is 0 Å². The van der Waals surface area contributed by atoms with Gasteiger partial charge in [-0.3, -0.25) is 0 Å². The van der Waals surface area contributed by atoms with E-state index in [0.717, 1.165) is 0 Å². The first-order valence-electron chi connectivity index (χ1n) is 1.17. The van der Waals surface area contributed by atoms with E-state index in [0.29, 0.717) is 0 Å². The SMILES string of the molecule is [Mg+2].[O-]P(O)O.[O-]P(O)O. The average molecular weight is 186 g/mol. The molecule has 0 aliphatic carbocycles. The first kappa shape index (κ1) is 16.8. The summed E-state index contributed by atoms with van der Waals surface area (Å²) in [6.45, 7) is 0. The molecule has 0 rings (SSSR count). The molecule has 0 aromatic heterocycles. The smallest absolute Gasteiger partial charge is 0.786 e. The molecule has 52 valence electrons. The van der Waals surface area contributed by atoms with Gasteiger partial charge in [0.05, 0.1) is 17.2 Å². The summed E-state index contributed by atoms with van der Waals surface area (Å²) in [5, 5.41) is 0. The summed E-state index contributed by atoms with van der Waals surface area (Å²) in [6, 6.07) is 0. The van der Waals surface area contributed by atoms with Crippen LogP contribution in [0.2, 0.25) is 0 Å². The van der Waals surface area contributed by atoms with E-state index in [2.05, 4.69) is 0 Å². The molecule has 0 unspecified atom stereocenters.